The quantitative estimate of drug-likeness (QED) is 0.613. The highest BCUT2D eigenvalue weighted by atomic mass is 16.5. The van der Waals surface area contributed by atoms with Gasteiger partial charge in [0, 0.05) is 24.5 Å². The molecule has 1 saturated heterocycles. The van der Waals surface area contributed by atoms with Gasteiger partial charge >= 0.3 is 0 Å². The molecule has 0 bridgehead atoms. The molecule has 1 aliphatic heterocycles. The second-order valence-electron chi connectivity index (χ2n) is 7.27. The summed E-state index contributed by atoms with van der Waals surface area (Å²) in [6, 6.07) is 10.5. The zero-order chi connectivity index (χ0) is 22.9. The maximum Gasteiger partial charge on any atom is 0.238 e. The minimum Gasteiger partial charge on any atom is -0.493 e. The Hall–Kier alpha value is -3.30. The molecule has 1 aliphatic rings. The van der Waals surface area contributed by atoms with Crippen molar-refractivity contribution in [3.05, 3.63) is 42.0 Å². The Morgan fingerprint density at radius 2 is 1.41 bits per heavy atom. The van der Waals surface area contributed by atoms with Crippen molar-refractivity contribution in [2.45, 2.75) is 6.42 Å². The van der Waals surface area contributed by atoms with Gasteiger partial charge in [0.2, 0.25) is 17.6 Å². The third-order valence-corrected chi connectivity index (χ3v) is 5.01. The van der Waals surface area contributed by atoms with E-state index >= 15 is 0 Å². The third kappa shape index (κ3) is 6.35. The molecule has 0 spiro atoms. The lowest BCUT2D eigenvalue weighted by molar-refractivity contribution is -0.118. The first-order chi connectivity index (χ1) is 15.5. The Morgan fingerprint density at radius 3 is 1.91 bits per heavy atom. The van der Waals surface area contributed by atoms with E-state index in [0.717, 1.165) is 18.7 Å². The molecule has 0 aromatic heterocycles. The number of benzene rings is 2. The van der Waals surface area contributed by atoms with Crippen LogP contribution in [0.4, 0.5) is 11.4 Å². The predicted molar refractivity (Wildman–Crippen MR) is 121 cm³/mol. The van der Waals surface area contributed by atoms with E-state index in [9.17, 15) is 9.59 Å². The van der Waals surface area contributed by atoms with Crippen molar-refractivity contribution in [2.75, 3.05) is 64.8 Å². The molecule has 9 nitrogen and oxygen atoms in total. The van der Waals surface area contributed by atoms with Crippen molar-refractivity contribution in [1.82, 2.24) is 4.90 Å². The van der Waals surface area contributed by atoms with Gasteiger partial charge in [0.25, 0.3) is 0 Å². The molecule has 0 aliphatic carbocycles. The minimum atomic E-state index is -0.191. The second-order valence-corrected chi connectivity index (χ2v) is 7.27. The van der Waals surface area contributed by atoms with E-state index in [2.05, 4.69) is 15.5 Å². The highest BCUT2D eigenvalue weighted by Crippen LogP contribution is 2.38. The van der Waals surface area contributed by atoms with Crippen LogP contribution in [0.15, 0.2) is 36.4 Å². The summed E-state index contributed by atoms with van der Waals surface area (Å²) >= 11 is 0. The van der Waals surface area contributed by atoms with Crippen LogP contribution in [0, 0.1) is 0 Å². The van der Waals surface area contributed by atoms with Gasteiger partial charge in [-0.15, -0.1) is 0 Å². The molecular weight excluding hydrogens is 414 g/mol. The highest BCUT2D eigenvalue weighted by Gasteiger charge is 2.16. The number of hydrogen-bond acceptors (Lipinski definition) is 7. The zero-order valence-corrected chi connectivity index (χ0v) is 18.6. The van der Waals surface area contributed by atoms with Crippen molar-refractivity contribution in [3.63, 3.8) is 0 Å². The number of anilines is 2. The van der Waals surface area contributed by atoms with Gasteiger partial charge in [-0.1, -0.05) is 0 Å². The summed E-state index contributed by atoms with van der Waals surface area (Å²) in [5.41, 5.74) is 2.03. The summed E-state index contributed by atoms with van der Waals surface area (Å²) in [4.78, 5) is 26.8. The van der Waals surface area contributed by atoms with E-state index in [1.165, 1.54) is 21.3 Å². The number of nitrogens with zero attached hydrogens (tertiary/aromatic N) is 1. The Kier molecular flexibility index (Phi) is 8.29. The molecule has 172 valence electrons. The van der Waals surface area contributed by atoms with Gasteiger partial charge in [-0.05, 0) is 42.0 Å². The molecule has 32 heavy (non-hydrogen) atoms. The van der Waals surface area contributed by atoms with Crippen LogP contribution < -0.4 is 24.8 Å². The van der Waals surface area contributed by atoms with Crippen LogP contribution >= 0.6 is 0 Å². The first-order valence-electron chi connectivity index (χ1n) is 10.3. The van der Waals surface area contributed by atoms with Crippen molar-refractivity contribution in [3.8, 4) is 17.2 Å². The smallest absolute Gasteiger partial charge is 0.238 e. The van der Waals surface area contributed by atoms with Crippen molar-refractivity contribution >= 4 is 23.2 Å². The van der Waals surface area contributed by atoms with Gasteiger partial charge in [-0.3, -0.25) is 14.5 Å². The molecule has 0 saturated carbocycles. The maximum absolute atomic E-state index is 12.5. The third-order valence-electron chi connectivity index (χ3n) is 5.01. The summed E-state index contributed by atoms with van der Waals surface area (Å²) in [5.74, 6) is 1.19. The monoisotopic (exact) mass is 443 g/mol. The number of rotatable bonds is 9. The fourth-order valence-corrected chi connectivity index (χ4v) is 3.43. The minimum absolute atomic E-state index is 0.0777. The number of carbonyl (C=O) groups excluding carboxylic acids is 2. The lowest BCUT2D eigenvalue weighted by atomic mass is 10.1. The number of nitrogens with one attached hydrogen (secondary N) is 2. The maximum atomic E-state index is 12.5. The zero-order valence-electron chi connectivity index (χ0n) is 18.6. The van der Waals surface area contributed by atoms with Gasteiger partial charge in [-0.25, -0.2) is 0 Å². The van der Waals surface area contributed by atoms with Crippen LogP contribution in [-0.4, -0.2) is 70.9 Å². The van der Waals surface area contributed by atoms with Crippen LogP contribution in [0.3, 0.4) is 0 Å². The molecule has 2 amide bonds. The molecule has 3 rings (SSSR count). The summed E-state index contributed by atoms with van der Waals surface area (Å²) in [6.45, 7) is 3.14. The van der Waals surface area contributed by atoms with Crippen LogP contribution in [0.25, 0.3) is 0 Å². The van der Waals surface area contributed by atoms with Gasteiger partial charge < -0.3 is 29.6 Å². The number of carbonyl (C=O) groups is 2. The van der Waals surface area contributed by atoms with Crippen LogP contribution in [0.5, 0.6) is 17.2 Å². The number of hydrogen-bond donors (Lipinski definition) is 2. The average Bonchev–Trinajstić information content (AvgIpc) is 2.80. The Balaban J connectivity index is 1.55. The Bertz CT molecular complexity index is 901. The molecule has 0 unspecified atom stereocenters. The lowest BCUT2D eigenvalue weighted by Gasteiger charge is -2.25. The van der Waals surface area contributed by atoms with Crippen LogP contribution in [0.1, 0.15) is 5.56 Å². The fraction of sp³-hybridized carbons (Fsp3) is 0.391. The molecule has 9 heteroatoms. The SMILES string of the molecule is COc1cc(CC(=O)Nc2ccc(NC(=O)CN3CCOCC3)cc2)cc(OC)c1OC. The topological polar surface area (TPSA) is 98.4 Å². The Morgan fingerprint density at radius 1 is 0.875 bits per heavy atom. The summed E-state index contributed by atoms with van der Waals surface area (Å²) in [5, 5.41) is 5.73. The van der Waals surface area contributed by atoms with E-state index < -0.39 is 0 Å². The van der Waals surface area contributed by atoms with Gasteiger partial charge in [-0.2, -0.15) is 0 Å². The van der Waals surface area contributed by atoms with Crippen molar-refractivity contribution in [1.29, 1.82) is 0 Å². The van der Waals surface area contributed by atoms with Gasteiger partial charge in [0.05, 0.1) is 47.5 Å². The van der Waals surface area contributed by atoms with Crippen molar-refractivity contribution < 1.29 is 28.5 Å². The van der Waals surface area contributed by atoms with E-state index in [0.29, 0.717) is 48.4 Å². The standard InChI is InChI=1S/C23H29N3O6/c1-29-19-12-16(13-20(30-2)23(19)31-3)14-21(27)24-17-4-6-18(7-5-17)25-22(28)15-26-8-10-32-11-9-26/h4-7,12-13H,8-11,14-15H2,1-3H3,(H,24,27)(H,25,28). The molecule has 0 radical (unpaired) electrons. The number of ether oxygens (including phenoxy) is 4. The first-order valence-corrected chi connectivity index (χ1v) is 10.3. The predicted octanol–water partition coefficient (Wildman–Crippen LogP) is 2.16. The number of methoxy groups -OCH3 is 3. The summed E-state index contributed by atoms with van der Waals surface area (Å²) in [6.07, 6.45) is 0.134. The van der Waals surface area contributed by atoms with Crippen LogP contribution in [0.2, 0.25) is 0 Å². The number of morpholine rings is 1. The summed E-state index contributed by atoms with van der Waals surface area (Å²) in [7, 11) is 4.59. The highest BCUT2D eigenvalue weighted by molar-refractivity contribution is 5.94. The first kappa shape index (κ1) is 23.4. The number of amides is 2. The molecule has 0 atom stereocenters. The normalized spacial score (nSPS) is 13.8. The van der Waals surface area contributed by atoms with Crippen molar-refractivity contribution in [2.24, 2.45) is 0 Å². The van der Waals surface area contributed by atoms with Gasteiger partial charge in [0.1, 0.15) is 0 Å². The van der Waals surface area contributed by atoms with Gasteiger partial charge in [0.15, 0.2) is 11.5 Å². The second kappa shape index (κ2) is 11.4. The lowest BCUT2D eigenvalue weighted by Crippen LogP contribution is -2.41. The van der Waals surface area contributed by atoms with E-state index in [-0.39, 0.29) is 18.2 Å². The molecule has 2 N–H and O–H groups in total. The largest absolute Gasteiger partial charge is 0.493 e. The molecular formula is C23H29N3O6. The Labute approximate surface area is 187 Å². The molecule has 1 fully saturated rings. The van der Waals surface area contributed by atoms with E-state index in [4.69, 9.17) is 18.9 Å². The van der Waals surface area contributed by atoms with Crippen LogP contribution in [-0.2, 0) is 20.7 Å². The average molecular weight is 444 g/mol. The van der Waals surface area contributed by atoms with E-state index in [1.54, 1.807) is 36.4 Å². The fourth-order valence-electron chi connectivity index (χ4n) is 3.43. The summed E-state index contributed by atoms with van der Waals surface area (Å²) < 4.78 is 21.3. The molecule has 2 aromatic carbocycles. The molecule has 1 heterocycles. The van der Waals surface area contributed by atoms with E-state index in [1.807, 2.05) is 0 Å². The molecule has 2 aromatic rings.